The van der Waals surface area contributed by atoms with Gasteiger partial charge in [-0.05, 0) is 51.4 Å². The molecular weight excluding hydrogens is 267 g/mol. The molecule has 0 aliphatic rings. The molecule has 0 fully saturated rings. The van der Waals surface area contributed by atoms with E-state index in [-0.39, 0.29) is 5.82 Å². The van der Waals surface area contributed by atoms with E-state index in [1.54, 1.807) is 0 Å². The Kier molecular flexibility index (Phi) is 5.23. The third-order valence-corrected chi connectivity index (χ3v) is 3.80. The number of ether oxygens (including phenoxy) is 1. The topological polar surface area (TPSA) is 26.2 Å². The Morgan fingerprint density at radius 3 is 2.71 bits per heavy atom. The van der Waals surface area contributed by atoms with Crippen molar-refractivity contribution in [3.05, 3.63) is 29.7 Å². The van der Waals surface area contributed by atoms with Crippen LogP contribution in [0.5, 0.6) is 5.75 Å². The zero-order valence-corrected chi connectivity index (χ0v) is 13.4. The van der Waals surface area contributed by atoms with Crippen molar-refractivity contribution in [2.24, 2.45) is 0 Å². The molecule has 0 aliphatic heterocycles. The van der Waals surface area contributed by atoms with E-state index in [0.29, 0.717) is 18.4 Å². The molecule has 0 radical (unpaired) electrons. The Morgan fingerprint density at radius 2 is 2.10 bits per heavy atom. The average molecular weight is 292 g/mol. The van der Waals surface area contributed by atoms with Crippen molar-refractivity contribution in [1.29, 1.82) is 0 Å². The number of likely N-dealkylation sites (N-methyl/N-ethyl adjacent to an activating group) is 1. The summed E-state index contributed by atoms with van der Waals surface area (Å²) >= 11 is 0. The van der Waals surface area contributed by atoms with E-state index in [9.17, 15) is 4.39 Å². The number of hydrogen-bond acceptors (Lipinski definition) is 2. The predicted molar refractivity (Wildman–Crippen MR) is 85.6 cm³/mol. The molecule has 116 valence electrons. The molecule has 4 heteroatoms. The van der Waals surface area contributed by atoms with Crippen molar-refractivity contribution in [2.75, 3.05) is 13.7 Å². The van der Waals surface area contributed by atoms with Gasteiger partial charge in [0.25, 0.3) is 0 Å². The fourth-order valence-corrected chi connectivity index (χ4v) is 2.72. The molecule has 0 saturated carbocycles. The second-order valence-electron chi connectivity index (χ2n) is 5.45. The first-order valence-corrected chi connectivity index (χ1v) is 7.72. The molecule has 21 heavy (non-hydrogen) atoms. The summed E-state index contributed by atoms with van der Waals surface area (Å²) in [6, 6.07) is 3.70. The number of benzene rings is 1. The number of halogens is 1. The lowest BCUT2D eigenvalue weighted by molar-refractivity contribution is 0.326. The van der Waals surface area contributed by atoms with Gasteiger partial charge in [-0.25, -0.2) is 4.39 Å². The zero-order valence-electron chi connectivity index (χ0n) is 13.4. The van der Waals surface area contributed by atoms with Crippen molar-refractivity contribution < 1.29 is 9.13 Å². The van der Waals surface area contributed by atoms with E-state index in [1.165, 1.54) is 6.07 Å². The summed E-state index contributed by atoms with van der Waals surface area (Å²) < 4.78 is 21.9. The summed E-state index contributed by atoms with van der Waals surface area (Å²) in [4.78, 5) is 0. The lowest BCUT2D eigenvalue weighted by Gasteiger charge is -2.11. The van der Waals surface area contributed by atoms with Gasteiger partial charge in [0.2, 0.25) is 0 Å². The van der Waals surface area contributed by atoms with Crippen molar-refractivity contribution >= 4 is 10.9 Å². The molecular formula is C17H25FN2O. The molecule has 1 atom stereocenters. The van der Waals surface area contributed by atoms with Gasteiger partial charge in [-0.2, -0.15) is 0 Å². The quantitative estimate of drug-likeness (QED) is 0.841. The van der Waals surface area contributed by atoms with Gasteiger partial charge in [0.1, 0.15) is 0 Å². The van der Waals surface area contributed by atoms with Crippen LogP contribution in [0.3, 0.4) is 0 Å². The van der Waals surface area contributed by atoms with Crippen molar-refractivity contribution in [2.45, 2.75) is 46.2 Å². The molecule has 1 aromatic heterocycles. The standard InChI is InChI=1S/C17H25FN2O/c1-5-9-20-11-13(10-12(3)19-4)16-15(20)8-7-14(18)17(16)21-6-2/h7-8,11-12,19H,5-6,9-10H2,1-4H3. The third-order valence-electron chi connectivity index (χ3n) is 3.80. The molecule has 0 amide bonds. The highest BCUT2D eigenvalue weighted by atomic mass is 19.1. The van der Waals surface area contributed by atoms with Crippen LogP contribution in [-0.4, -0.2) is 24.3 Å². The number of nitrogens with one attached hydrogen (secondary N) is 1. The summed E-state index contributed by atoms with van der Waals surface area (Å²) in [5.74, 6) is 0.111. The maximum Gasteiger partial charge on any atom is 0.165 e. The molecule has 2 rings (SSSR count). The number of aromatic nitrogens is 1. The van der Waals surface area contributed by atoms with Crippen molar-refractivity contribution in [3.63, 3.8) is 0 Å². The minimum Gasteiger partial charge on any atom is -0.490 e. The van der Waals surface area contributed by atoms with E-state index in [2.05, 4.69) is 29.9 Å². The minimum absolute atomic E-state index is 0.281. The third kappa shape index (κ3) is 3.21. The second-order valence-corrected chi connectivity index (χ2v) is 5.45. The molecule has 2 aromatic rings. The lowest BCUT2D eigenvalue weighted by Crippen LogP contribution is -2.23. The molecule has 3 nitrogen and oxygen atoms in total. The fourth-order valence-electron chi connectivity index (χ4n) is 2.72. The number of hydrogen-bond donors (Lipinski definition) is 1. The molecule has 0 saturated heterocycles. The van der Waals surface area contributed by atoms with Gasteiger partial charge in [0.15, 0.2) is 11.6 Å². The van der Waals surface area contributed by atoms with Crippen LogP contribution in [0.1, 0.15) is 32.8 Å². The van der Waals surface area contributed by atoms with E-state index in [4.69, 9.17) is 4.74 Å². The smallest absolute Gasteiger partial charge is 0.165 e. The first-order chi connectivity index (χ1) is 10.1. The zero-order chi connectivity index (χ0) is 15.4. The lowest BCUT2D eigenvalue weighted by atomic mass is 10.1. The van der Waals surface area contributed by atoms with Gasteiger partial charge in [0.05, 0.1) is 12.1 Å². The van der Waals surface area contributed by atoms with Gasteiger partial charge < -0.3 is 14.6 Å². The van der Waals surface area contributed by atoms with E-state index in [1.807, 2.05) is 20.0 Å². The van der Waals surface area contributed by atoms with Gasteiger partial charge in [0, 0.05) is 24.2 Å². The Hall–Kier alpha value is -1.55. The fraction of sp³-hybridized carbons (Fsp3) is 0.529. The summed E-state index contributed by atoms with van der Waals surface area (Å²) in [5.41, 5.74) is 2.20. The first kappa shape index (κ1) is 15.8. The Labute approximate surface area is 126 Å². The second kappa shape index (κ2) is 6.94. The number of aryl methyl sites for hydroxylation is 1. The summed E-state index contributed by atoms with van der Waals surface area (Å²) in [5, 5.41) is 4.17. The molecule has 1 aromatic carbocycles. The first-order valence-electron chi connectivity index (χ1n) is 7.72. The molecule has 0 spiro atoms. The maximum atomic E-state index is 14.2. The highest BCUT2D eigenvalue weighted by Gasteiger charge is 2.18. The van der Waals surface area contributed by atoms with Crippen LogP contribution in [0.15, 0.2) is 18.3 Å². The highest BCUT2D eigenvalue weighted by Crippen LogP contribution is 2.34. The van der Waals surface area contributed by atoms with Crippen LogP contribution in [0, 0.1) is 5.82 Å². The van der Waals surface area contributed by atoms with Crippen molar-refractivity contribution in [3.8, 4) is 5.75 Å². The van der Waals surface area contributed by atoms with Crippen LogP contribution in [0.4, 0.5) is 4.39 Å². The number of nitrogens with zero attached hydrogens (tertiary/aromatic N) is 1. The normalized spacial score (nSPS) is 12.8. The molecule has 0 aliphatic carbocycles. The van der Waals surface area contributed by atoms with Crippen LogP contribution in [0.25, 0.3) is 10.9 Å². The molecule has 1 unspecified atom stereocenters. The Balaban J connectivity index is 2.61. The van der Waals surface area contributed by atoms with Gasteiger partial charge in [-0.1, -0.05) is 6.92 Å². The maximum absolute atomic E-state index is 14.2. The van der Waals surface area contributed by atoms with Crippen molar-refractivity contribution in [1.82, 2.24) is 9.88 Å². The number of fused-ring (bicyclic) bond motifs is 1. The summed E-state index contributed by atoms with van der Waals surface area (Å²) in [7, 11) is 1.94. The monoisotopic (exact) mass is 292 g/mol. The van der Waals surface area contributed by atoms with E-state index >= 15 is 0 Å². The van der Waals surface area contributed by atoms with Gasteiger partial charge in [-0.3, -0.25) is 0 Å². The minimum atomic E-state index is -0.281. The molecule has 1 N–H and O–H groups in total. The Bertz CT molecular complexity index is 606. The van der Waals surface area contributed by atoms with Crippen LogP contribution >= 0.6 is 0 Å². The van der Waals surface area contributed by atoms with E-state index in [0.717, 1.165) is 35.9 Å². The largest absolute Gasteiger partial charge is 0.490 e. The molecule has 1 heterocycles. The predicted octanol–water partition coefficient (Wildman–Crippen LogP) is 3.74. The van der Waals surface area contributed by atoms with Gasteiger partial charge >= 0.3 is 0 Å². The van der Waals surface area contributed by atoms with E-state index < -0.39 is 0 Å². The SMILES string of the molecule is CCCn1cc(CC(C)NC)c2c(OCC)c(F)ccc21. The molecule has 0 bridgehead atoms. The van der Waals surface area contributed by atoms with Crippen LogP contribution < -0.4 is 10.1 Å². The summed E-state index contributed by atoms with van der Waals surface area (Å²) in [6.45, 7) is 7.56. The number of rotatable bonds is 7. The highest BCUT2D eigenvalue weighted by molar-refractivity contribution is 5.90. The van der Waals surface area contributed by atoms with Gasteiger partial charge in [-0.15, -0.1) is 0 Å². The van der Waals surface area contributed by atoms with Crippen LogP contribution in [-0.2, 0) is 13.0 Å². The van der Waals surface area contributed by atoms with Crippen LogP contribution in [0.2, 0.25) is 0 Å². The summed E-state index contributed by atoms with van der Waals surface area (Å²) in [6.07, 6.45) is 4.04. The average Bonchev–Trinajstić information content (AvgIpc) is 2.80. The Morgan fingerprint density at radius 1 is 1.33 bits per heavy atom.